The number of hydrogen-bond acceptors (Lipinski definition) is 4. The van der Waals surface area contributed by atoms with Crippen LogP contribution in [0.25, 0.3) is 0 Å². The molecule has 1 aromatic heterocycles. The third-order valence-electron chi connectivity index (χ3n) is 0.728. The number of hydrogen-bond donors (Lipinski definition) is 2. The van der Waals surface area contributed by atoms with Crippen molar-refractivity contribution in [3.05, 3.63) is 11.9 Å². The molecule has 0 atom stereocenters. The number of rotatable bonds is 1. The van der Waals surface area contributed by atoms with Crippen LogP contribution >= 0.6 is 0 Å². The number of carboxylic acid groups (broad SMARTS) is 1. The predicted molar refractivity (Wildman–Crippen MR) is 27.1 cm³/mol. The van der Waals surface area contributed by atoms with Crippen LogP contribution in [0.1, 0.15) is 10.5 Å². The molecule has 1 heterocycles. The minimum atomic E-state index is -1.13. The molecule has 0 radical (unpaired) electrons. The smallest absolute Gasteiger partial charge is 0.358 e. The second kappa shape index (κ2) is 1.73. The van der Waals surface area contributed by atoms with E-state index in [1.54, 1.807) is 0 Å². The van der Waals surface area contributed by atoms with E-state index in [1.807, 2.05) is 0 Å². The van der Waals surface area contributed by atoms with Gasteiger partial charge in [-0.3, -0.25) is 0 Å². The lowest BCUT2D eigenvalue weighted by Gasteiger charge is -1.80. The summed E-state index contributed by atoms with van der Waals surface area (Å²) in [7, 11) is 0. The Bertz CT molecular complexity index is 229. The molecule has 0 fully saturated rings. The third kappa shape index (κ3) is 0.958. The highest BCUT2D eigenvalue weighted by Gasteiger charge is 2.05. The highest BCUT2D eigenvalue weighted by atomic mass is 16.4. The molecule has 0 unspecified atom stereocenters. The SMILES string of the molecule is Nn1ncc(C(=O)O)n1. The predicted octanol–water partition coefficient (Wildman–Crippen LogP) is -1.31. The Morgan fingerprint density at radius 3 is 2.78 bits per heavy atom. The van der Waals surface area contributed by atoms with Crippen LogP contribution < -0.4 is 5.84 Å². The van der Waals surface area contributed by atoms with Crippen LogP contribution in [0.4, 0.5) is 0 Å². The highest BCUT2D eigenvalue weighted by molar-refractivity contribution is 5.84. The topological polar surface area (TPSA) is 94.0 Å². The van der Waals surface area contributed by atoms with E-state index in [0.29, 0.717) is 4.91 Å². The van der Waals surface area contributed by atoms with E-state index in [4.69, 9.17) is 10.9 Å². The van der Waals surface area contributed by atoms with E-state index in [1.165, 1.54) is 0 Å². The van der Waals surface area contributed by atoms with Crippen LogP contribution in [0.15, 0.2) is 6.20 Å². The molecule has 0 spiro atoms. The van der Waals surface area contributed by atoms with Crippen molar-refractivity contribution in [1.29, 1.82) is 0 Å². The van der Waals surface area contributed by atoms with E-state index in [9.17, 15) is 4.79 Å². The molecule has 1 rings (SSSR count). The van der Waals surface area contributed by atoms with Gasteiger partial charge in [0.1, 0.15) is 0 Å². The summed E-state index contributed by atoms with van der Waals surface area (Å²) in [5.41, 5.74) is -0.155. The first kappa shape index (κ1) is 5.54. The normalized spacial score (nSPS) is 9.33. The van der Waals surface area contributed by atoms with Gasteiger partial charge in [-0.05, 0) is 0 Å². The number of aromatic carboxylic acids is 1. The van der Waals surface area contributed by atoms with Crippen molar-refractivity contribution in [3.8, 4) is 0 Å². The van der Waals surface area contributed by atoms with Crippen molar-refractivity contribution in [3.63, 3.8) is 0 Å². The average Bonchev–Trinajstić information content (AvgIpc) is 2.14. The van der Waals surface area contributed by atoms with Crippen molar-refractivity contribution in [2.45, 2.75) is 0 Å². The van der Waals surface area contributed by atoms with E-state index < -0.39 is 5.97 Å². The first-order valence-corrected chi connectivity index (χ1v) is 2.11. The van der Waals surface area contributed by atoms with Gasteiger partial charge >= 0.3 is 5.97 Å². The molecule has 1 aromatic rings. The third-order valence-corrected chi connectivity index (χ3v) is 0.728. The molecule has 48 valence electrons. The molecule has 0 saturated carbocycles. The molecule has 9 heavy (non-hydrogen) atoms. The van der Waals surface area contributed by atoms with E-state index in [-0.39, 0.29) is 5.69 Å². The molecule has 0 aliphatic heterocycles. The number of aromatic nitrogens is 3. The fourth-order valence-corrected chi connectivity index (χ4v) is 0.374. The first-order chi connectivity index (χ1) is 4.20. The Labute approximate surface area is 49.9 Å². The van der Waals surface area contributed by atoms with Gasteiger partial charge in [0, 0.05) is 0 Å². The Hall–Kier alpha value is -1.59. The molecular formula is C3H4N4O2. The van der Waals surface area contributed by atoms with Crippen molar-refractivity contribution < 1.29 is 9.90 Å². The Morgan fingerprint density at radius 1 is 1.89 bits per heavy atom. The highest BCUT2D eigenvalue weighted by Crippen LogP contribution is 1.86. The Kier molecular flexibility index (Phi) is 1.07. The van der Waals surface area contributed by atoms with Gasteiger partial charge in [-0.25, -0.2) is 4.79 Å². The second-order valence-corrected chi connectivity index (χ2v) is 1.36. The largest absolute Gasteiger partial charge is 0.476 e. The molecular weight excluding hydrogens is 124 g/mol. The summed E-state index contributed by atoms with van der Waals surface area (Å²) in [4.78, 5) is 10.7. The molecule has 0 aliphatic carbocycles. The number of carbonyl (C=O) groups is 1. The molecule has 6 nitrogen and oxygen atoms in total. The van der Waals surface area contributed by atoms with Gasteiger partial charge in [0.05, 0.1) is 6.20 Å². The zero-order valence-corrected chi connectivity index (χ0v) is 4.35. The van der Waals surface area contributed by atoms with Gasteiger partial charge in [-0.2, -0.15) is 0 Å². The molecule has 6 heteroatoms. The van der Waals surface area contributed by atoms with Crippen LogP contribution in [0, 0.1) is 0 Å². The Morgan fingerprint density at radius 2 is 2.56 bits per heavy atom. The zero-order valence-electron chi connectivity index (χ0n) is 4.35. The van der Waals surface area contributed by atoms with Crippen LogP contribution in [0.5, 0.6) is 0 Å². The summed E-state index contributed by atoms with van der Waals surface area (Å²) < 4.78 is 0. The summed E-state index contributed by atoms with van der Waals surface area (Å²) in [5, 5.41) is 14.9. The molecule has 0 bridgehead atoms. The monoisotopic (exact) mass is 128 g/mol. The number of nitrogens with zero attached hydrogens (tertiary/aromatic N) is 3. The van der Waals surface area contributed by atoms with Crippen molar-refractivity contribution in [2.24, 2.45) is 0 Å². The fourth-order valence-electron chi connectivity index (χ4n) is 0.374. The second-order valence-electron chi connectivity index (χ2n) is 1.36. The van der Waals surface area contributed by atoms with Gasteiger partial charge in [-0.15, -0.1) is 10.2 Å². The summed E-state index contributed by atoms with van der Waals surface area (Å²) in [6.07, 6.45) is 1.07. The van der Waals surface area contributed by atoms with Crippen molar-refractivity contribution >= 4 is 5.97 Å². The summed E-state index contributed by atoms with van der Waals surface area (Å²) in [5.74, 6) is 3.81. The maximum atomic E-state index is 10.0. The lowest BCUT2D eigenvalue weighted by Crippen LogP contribution is -2.12. The minimum absolute atomic E-state index is 0.155. The maximum Gasteiger partial charge on any atom is 0.358 e. The average molecular weight is 128 g/mol. The van der Waals surface area contributed by atoms with Crippen LogP contribution in [-0.2, 0) is 0 Å². The van der Waals surface area contributed by atoms with Gasteiger partial charge in [0.15, 0.2) is 5.69 Å². The Balaban J connectivity index is 2.98. The standard InChI is InChI=1S/C3H4N4O2/c4-7-5-1-2(6-7)3(8)9/h1H,4H2,(H,8,9). The summed E-state index contributed by atoms with van der Waals surface area (Å²) in [6.45, 7) is 0. The van der Waals surface area contributed by atoms with Gasteiger partial charge in [0.25, 0.3) is 0 Å². The maximum absolute atomic E-state index is 10.0. The number of nitrogen functional groups attached to an aromatic ring is 1. The van der Waals surface area contributed by atoms with Gasteiger partial charge in [-0.1, -0.05) is 4.91 Å². The first-order valence-electron chi connectivity index (χ1n) is 2.11. The van der Waals surface area contributed by atoms with Crippen LogP contribution in [0.2, 0.25) is 0 Å². The van der Waals surface area contributed by atoms with Crippen LogP contribution in [0.3, 0.4) is 0 Å². The van der Waals surface area contributed by atoms with Crippen LogP contribution in [-0.4, -0.2) is 26.2 Å². The quantitative estimate of drug-likeness (QED) is 0.458. The summed E-state index contributed by atoms with van der Waals surface area (Å²) in [6, 6.07) is 0. The molecule has 0 aliphatic rings. The van der Waals surface area contributed by atoms with E-state index in [2.05, 4.69) is 10.2 Å². The fraction of sp³-hybridized carbons (Fsp3) is 0. The summed E-state index contributed by atoms with van der Waals surface area (Å²) >= 11 is 0. The van der Waals surface area contributed by atoms with E-state index >= 15 is 0 Å². The lowest BCUT2D eigenvalue weighted by molar-refractivity contribution is 0.0690. The molecule has 0 amide bonds. The minimum Gasteiger partial charge on any atom is -0.476 e. The van der Waals surface area contributed by atoms with Crippen molar-refractivity contribution in [1.82, 2.24) is 15.1 Å². The number of carboxylic acids is 1. The van der Waals surface area contributed by atoms with Crippen molar-refractivity contribution in [2.75, 3.05) is 5.84 Å². The lowest BCUT2D eigenvalue weighted by atomic mass is 10.5. The van der Waals surface area contributed by atoms with Gasteiger partial charge in [0.2, 0.25) is 0 Å². The van der Waals surface area contributed by atoms with E-state index in [0.717, 1.165) is 6.20 Å². The molecule has 3 N–H and O–H groups in total. The van der Waals surface area contributed by atoms with Gasteiger partial charge < -0.3 is 10.9 Å². The number of nitrogens with two attached hydrogens (primary N) is 1. The molecule has 0 aromatic carbocycles. The molecule has 0 saturated heterocycles. The zero-order chi connectivity index (χ0) is 6.85.